The van der Waals surface area contributed by atoms with Gasteiger partial charge < -0.3 is 5.32 Å². The molecule has 0 radical (unpaired) electrons. The van der Waals surface area contributed by atoms with Gasteiger partial charge in [0.05, 0.1) is 11.3 Å². The van der Waals surface area contributed by atoms with Crippen molar-refractivity contribution in [3.8, 4) is 0 Å². The highest BCUT2D eigenvalue weighted by molar-refractivity contribution is 6.05. The van der Waals surface area contributed by atoms with Crippen molar-refractivity contribution in [1.82, 2.24) is 15.3 Å². The highest BCUT2D eigenvalue weighted by atomic mass is 19.1. The number of amides is 3. The average molecular weight is 409 g/mol. The topological polar surface area (TPSA) is 78.4 Å². The van der Waals surface area contributed by atoms with Crippen molar-refractivity contribution < 1.29 is 18.4 Å². The smallest absolute Gasteiger partial charge is 0.330 e. The standard InChI is InChI=1S/C21H17F2N5O2/c22-16-8-17(23)10-18(9-16)27-6-7-28(21(27)30)19-4-3-14(11-25-19)12-26-20(29)15-2-1-5-24-13-15/h1-5,8-11,13H,6-7,12H2,(H,26,29). The Hall–Kier alpha value is -3.88. The molecule has 2 aromatic heterocycles. The maximum atomic E-state index is 13.5. The second-order valence-electron chi connectivity index (χ2n) is 6.66. The molecule has 1 fully saturated rings. The minimum Gasteiger partial charge on any atom is -0.348 e. The number of hydrogen-bond donors (Lipinski definition) is 1. The molecule has 0 spiro atoms. The molecule has 1 N–H and O–H groups in total. The molecule has 0 bridgehead atoms. The predicted octanol–water partition coefficient (Wildman–Crippen LogP) is 3.13. The Labute approximate surface area is 171 Å². The molecular formula is C21H17F2N5O2. The summed E-state index contributed by atoms with van der Waals surface area (Å²) in [6, 6.07) is 9.35. The van der Waals surface area contributed by atoms with E-state index in [-0.39, 0.29) is 24.7 Å². The largest absolute Gasteiger partial charge is 0.348 e. The van der Waals surface area contributed by atoms with E-state index >= 15 is 0 Å². The second-order valence-corrected chi connectivity index (χ2v) is 6.66. The van der Waals surface area contributed by atoms with E-state index in [1.54, 1.807) is 36.7 Å². The SMILES string of the molecule is O=C(NCc1ccc(N2CCN(c3cc(F)cc(F)c3)C2=O)nc1)c1cccnc1. The van der Waals surface area contributed by atoms with Crippen LogP contribution in [0.4, 0.5) is 25.1 Å². The van der Waals surface area contributed by atoms with E-state index < -0.39 is 17.7 Å². The molecule has 1 aromatic carbocycles. The number of hydrogen-bond acceptors (Lipinski definition) is 4. The van der Waals surface area contributed by atoms with Crippen molar-refractivity contribution in [3.63, 3.8) is 0 Å². The van der Waals surface area contributed by atoms with Gasteiger partial charge in [0, 0.05) is 44.3 Å². The van der Waals surface area contributed by atoms with Gasteiger partial charge in [-0.3, -0.25) is 19.6 Å². The fourth-order valence-corrected chi connectivity index (χ4v) is 3.15. The van der Waals surface area contributed by atoms with Crippen LogP contribution in [0.3, 0.4) is 0 Å². The van der Waals surface area contributed by atoms with Crippen LogP contribution in [-0.2, 0) is 6.54 Å². The Morgan fingerprint density at radius 3 is 2.47 bits per heavy atom. The van der Waals surface area contributed by atoms with Crippen LogP contribution in [0, 0.1) is 11.6 Å². The molecule has 0 atom stereocenters. The number of carbonyl (C=O) groups is 2. The van der Waals surface area contributed by atoms with Crippen LogP contribution in [0.25, 0.3) is 0 Å². The van der Waals surface area contributed by atoms with Gasteiger partial charge in [0.2, 0.25) is 0 Å². The molecule has 3 amide bonds. The zero-order valence-corrected chi connectivity index (χ0v) is 15.8. The lowest BCUT2D eigenvalue weighted by Gasteiger charge is -2.18. The van der Waals surface area contributed by atoms with Gasteiger partial charge >= 0.3 is 6.03 Å². The second kappa shape index (κ2) is 8.24. The summed E-state index contributed by atoms with van der Waals surface area (Å²) in [6.45, 7) is 0.886. The van der Waals surface area contributed by atoms with E-state index in [1.807, 2.05) is 0 Å². The van der Waals surface area contributed by atoms with E-state index in [0.717, 1.165) is 23.8 Å². The van der Waals surface area contributed by atoms with E-state index in [9.17, 15) is 18.4 Å². The number of benzene rings is 1. The number of anilines is 2. The Morgan fingerprint density at radius 2 is 1.80 bits per heavy atom. The number of nitrogens with one attached hydrogen (secondary N) is 1. The lowest BCUT2D eigenvalue weighted by molar-refractivity contribution is 0.0950. The van der Waals surface area contributed by atoms with Gasteiger partial charge in [0.25, 0.3) is 5.91 Å². The molecule has 0 saturated carbocycles. The van der Waals surface area contributed by atoms with Crippen LogP contribution in [0.2, 0.25) is 0 Å². The molecule has 3 aromatic rings. The molecule has 0 aliphatic carbocycles. The van der Waals surface area contributed by atoms with Crippen LogP contribution in [0.15, 0.2) is 61.1 Å². The van der Waals surface area contributed by atoms with E-state index in [2.05, 4.69) is 15.3 Å². The minimum absolute atomic E-state index is 0.162. The van der Waals surface area contributed by atoms with Crippen molar-refractivity contribution in [2.75, 3.05) is 22.9 Å². The highest BCUT2D eigenvalue weighted by Crippen LogP contribution is 2.25. The molecular weight excluding hydrogens is 392 g/mol. The average Bonchev–Trinajstić information content (AvgIpc) is 3.13. The number of pyridine rings is 2. The van der Waals surface area contributed by atoms with Gasteiger partial charge in [-0.1, -0.05) is 6.07 Å². The normalized spacial score (nSPS) is 13.6. The molecule has 9 heteroatoms. The fourth-order valence-electron chi connectivity index (χ4n) is 3.15. The Bertz CT molecular complexity index is 1060. The zero-order chi connectivity index (χ0) is 21.1. The minimum atomic E-state index is -0.743. The molecule has 0 unspecified atom stereocenters. The number of carbonyl (C=O) groups excluding carboxylic acids is 2. The van der Waals surface area contributed by atoms with Crippen molar-refractivity contribution in [2.24, 2.45) is 0 Å². The third-order valence-corrected chi connectivity index (χ3v) is 4.63. The van der Waals surface area contributed by atoms with Gasteiger partial charge in [-0.2, -0.15) is 0 Å². The Morgan fingerprint density at radius 1 is 1.03 bits per heavy atom. The first-order chi connectivity index (χ1) is 14.5. The summed E-state index contributed by atoms with van der Waals surface area (Å²) >= 11 is 0. The lowest BCUT2D eigenvalue weighted by atomic mass is 10.2. The molecule has 30 heavy (non-hydrogen) atoms. The Balaban J connectivity index is 1.40. The summed E-state index contributed by atoms with van der Waals surface area (Å²) in [4.78, 5) is 35.7. The zero-order valence-electron chi connectivity index (χ0n) is 15.8. The summed E-state index contributed by atoms with van der Waals surface area (Å²) in [5.41, 5.74) is 1.38. The molecule has 4 rings (SSSR count). The number of rotatable bonds is 5. The highest BCUT2D eigenvalue weighted by Gasteiger charge is 2.31. The van der Waals surface area contributed by atoms with Gasteiger partial charge in [-0.05, 0) is 35.9 Å². The third kappa shape index (κ3) is 4.09. The summed E-state index contributed by atoms with van der Waals surface area (Å²) < 4.78 is 26.9. The van der Waals surface area contributed by atoms with Crippen LogP contribution >= 0.6 is 0 Å². The molecule has 1 aliphatic heterocycles. The summed E-state index contributed by atoms with van der Waals surface area (Å²) in [6.07, 6.45) is 4.63. The van der Waals surface area contributed by atoms with Gasteiger partial charge in [0.1, 0.15) is 17.5 Å². The van der Waals surface area contributed by atoms with Gasteiger partial charge in [-0.15, -0.1) is 0 Å². The van der Waals surface area contributed by atoms with E-state index in [0.29, 0.717) is 17.9 Å². The number of aromatic nitrogens is 2. The first kappa shape index (κ1) is 19.4. The molecule has 3 heterocycles. The van der Waals surface area contributed by atoms with Crippen LogP contribution in [0.5, 0.6) is 0 Å². The first-order valence-electron chi connectivity index (χ1n) is 9.19. The quantitative estimate of drug-likeness (QED) is 0.702. The lowest BCUT2D eigenvalue weighted by Crippen LogP contribution is -2.32. The van der Waals surface area contributed by atoms with E-state index in [4.69, 9.17) is 0 Å². The van der Waals surface area contributed by atoms with Gasteiger partial charge in [0.15, 0.2) is 0 Å². The van der Waals surface area contributed by atoms with E-state index in [1.165, 1.54) is 16.0 Å². The summed E-state index contributed by atoms with van der Waals surface area (Å²) in [5.74, 6) is -1.32. The maximum absolute atomic E-state index is 13.5. The van der Waals surface area contributed by atoms with Crippen LogP contribution < -0.4 is 15.1 Å². The maximum Gasteiger partial charge on any atom is 0.330 e. The molecule has 152 valence electrons. The Kier molecular flexibility index (Phi) is 5.34. The molecule has 1 aliphatic rings. The van der Waals surface area contributed by atoms with Gasteiger partial charge in [-0.25, -0.2) is 18.6 Å². The third-order valence-electron chi connectivity index (χ3n) is 4.63. The van der Waals surface area contributed by atoms with Crippen molar-refractivity contribution >= 4 is 23.4 Å². The van der Waals surface area contributed by atoms with Crippen LogP contribution in [0.1, 0.15) is 15.9 Å². The first-order valence-corrected chi connectivity index (χ1v) is 9.19. The molecule has 7 nitrogen and oxygen atoms in total. The monoisotopic (exact) mass is 409 g/mol. The number of halogens is 2. The fraction of sp³-hybridized carbons (Fsp3) is 0.143. The number of urea groups is 1. The summed E-state index contributed by atoms with van der Waals surface area (Å²) in [7, 11) is 0. The predicted molar refractivity (Wildman–Crippen MR) is 106 cm³/mol. The molecule has 1 saturated heterocycles. The summed E-state index contributed by atoms with van der Waals surface area (Å²) in [5, 5.41) is 2.77. The van der Waals surface area contributed by atoms with Crippen molar-refractivity contribution in [2.45, 2.75) is 6.54 Å². The number of nitrogens with zero attached hydrogens (tertiary/aromatic N) is 4. The van der Waals surface area contributed by atoms with Crippen LogP contribution in [-0.4, -0.2) is 35.0 Å². The van der Waals surface area contributed by atoms with Crippen molar-refractivity contribution in [1.29, 1.82) is 0 Å². The van der Waals surface area contributed by atoms with Crippen molar-refractivity contribution in [3.05, 3.63) is 83.8 Å².